The molecule has 2 amide bonds. The fraction of sp³-hybridized carbons (Fsp3) is 0.188. The maximum Gasteiger partial charge on any atom is 0.252 e. The number of primary amides is 1. The summed E-state index contributed by atoms with van der Waals surface area (Å²) in [5, 5.41) is 2.36. The average Bonchev–Trinajstić information content (AvgIpc) is 2.56. The van der Waals surface area contributed by atoms with Crippen LogP contribution in [0.5, 0.6) is 5.88 Å². The van der Waals surface area contributed by atoms with E-state index >= 15 is 0 Å². The van der Waals surface area contributed by atoms with Crippen molar-refractivity contribution in [2.75, 3.05) is 11.1 Å². The van der Waals surface area contributed by atoms with Gasteiger partial charge >= 0.3 is 0 Å². The molecule has 0 bridgehead atoms. The Bertz CT molecular complexity index is 782. The van der Waals surface area contributed by atoms with Crippen molar-refractivity contribution >= 4 is 23.3 Å². The first-order chi connectivity index (χ1) is 11.8. The zero-order valence-electron chi connectivity index (χ0n) is 13.1. The van der Waals surface area contributed by atoms with Crippen LogP contribution in [-0.2, 0) is 16.2 Å². The van der Waals surface area contributed by atoms with Gasteiger partial charge < -0.3 is 21.5 Å². The van der Waals surface area contributed by atoms with Gasteiger partial charge in [0.1, 0.15) is 12.4 Å². The van der Waals surface area contributed by atoms with E-state index in [0.29, 0.717) is 5.56 Å². The summed E-state index contributed by atoms with van der Waals surface area (Å²) in [4.78, 5) is 26.2. The van der Waals surface area contributed by atoms with Gasteiger partial charge in [-0.15, -0.1) is 0 Å². The Labute approximate surface area is 142 Å². The van der Waals surface area contributed by atoms with Crippen LogP contribution in [0.25, 0.3) is 0 Å². The number of rotatable bonds is 7. The lowest BCUT2D eigenvalue weighted by atomic mass is 10.2. The van der Waals surface area contributed by atoms with Gasteiger partial charge in [-0.3, -0.25) is 9.59 Å². The van der Waals surface area contributed by atoms with Gasteiger partial charge in [-0.1, -0.05) is 12.1 Å². The fourth-order valence-corrected chi connectivity index (χ4v) is 1.85. The third kappa shape index (κ3) is 5.41. The molecule has 25 heavy (non-hydrogen) atoms. The van der Waals surface area contributed by atoms with Crippen LogP contribution in [0.15, 0.2) is 30.3 Å². The van der Waals surface area contributed by atoms with Crippen molar-refractivity contribution in [2.45, 2.75) is 19.4 Å². The summed E-state index contributed by atoms with van der Waals surface area (Å²) >= 11 is 0. The van der Waals surface area contributed by atoms with E-state index in [2.05, 4.69) is 10.3 Å². The first-order valence-corrected chi connectivity index (χ1v) is 7.26. The minimum atomic E-state index is -0.810. The van der Waals surface area contributed by atoms with Crippen molar-refractivity contribution in [2.24, 2.45) is 5.73 Å². The van der Waals surface area contributed by atoms with E-state index < -0.39 is 23.4 Å². The number of carbonyl (C=O) groups is 2. The Balaban J connectivity index is 2.07. The molecule has 7 nitrogen and oxygen atoms in total. The molecular formula is C16H16F2N4O3. The summed E-state index contributed by atoms with van der Waals surface area (Å²) in [5.41, 5.74) is 11.1. The van der Waals surface area contributed by atoms with Gasteiger partial charge in [0.05, 0.1) is 5.69 Å². The predicted octanol–water partition coefficient (Wildman–Crippen LogP) is 1.72. The van der Waals surface area contributed by atoms with E-state index in [9.17, 15) is 18.4 Å². The second-order valence-corrected chi connectivity index (χ2v) is 5.14. The highest BCUT2D eigenvalue weighted by molar-refractivity contribution is 5.94. The molecule has 0 saturated carbocycles. The lowest BCUT2D eigenvalue weighted by Gasteiger charge is -2.11. The van der Waals surface area contributed by atoms with Crippen LogP contribution in [0.3, 0.4) is 0 Å². The number of nitrogens with two attached hydrogens (primary N) is 2. The van der Waals surface area contributed by atoms with Gasteiger partial charge in [-0.05, 0) is 17.7 Å². The minimum Gasteiger partial charge on any atom is -0.471 e. The Morgan fingerprint density at radius 3 is 2.48 bits per heavy atom. The second kappa shape index (κ2) is 8.04. The number of amides is 2. The number of carbonyl (C=O) groups excluding carboxylic acids is 2. The van der Waals surface area contributed by atoms with Gasteiger partial charge in [-0.2, -0.15) is 4.98 Å². The monoisotopic (exact) mass is 350 g/mol. The van der Waals surface area contributed by atoms with Gasteiger partial charge in [0.2, 0.25) is 11.8 Å². The van der Waals surface area contributed by atoms with Crippen molar-refractivity contribution in [3.8, 4) is 5.88 Å². The molecule has 0 radical (unpaired) electrons. The van der Waals surface area contributed by atoms with Gasteiger partial charge in [0.15, 0.2) is 11.6 Å². The molecule has 5 N–H and O–H groups in total. The number of nitrogen functional groups attached to an aromatic ring is 1. The molecule has 2 aromatic rings. The Morgan fingerprint density at radius 1 is 1.16 bits per heavy atom. The summed E-state index contributed by atoms with van der Waals surface area (Å²) in [5.74, 6) is -2.85. The first kappa shape index (κ1) is 18.1. The van der Waals surface area contributed by atoms with E-state index in [4.69, 9.17) is 16.2 Å². The van der Waals surface area contributed by atoms with Crippen LogP contribution in [-0.4, -0.2) is 16.8 Å². The van der Waals surface area contributed by atoms with Crippen molar-refractivity contribution in [1.82, 2.24) is 4.98 Å². The van der Waals surface area contributed by atoms with E-state index in [1.807, 2.05) is 0 Å². The number of anilines is 2. The third-order valence-corrected chi connectivity index (χ3v) is 3.12. The molecule has 0 saturated heterocycles. The predicted molar refractivity (Wildman–Crippen MR) is 86.4 cm³/mol. The van der Waals surface area contributed by atoms with Gasteiger partial charge in [-0.25, -0.2) is 8.78 Å². The molecule has 0 fully saturated rings. The molecule has 1 aromatic carbocycles. The van der Waals surface area contributed by atoms with E-state index in [0.717, 1.165) is 6.07 Å². The first-order valence-electron chi connectivity index (χ1n) is 7.26. The Hall–Kier alpha value is -3.23. The smallest absolute Gasteiger partial charge is 0.252 e. The summed E-state index contributed by atoms with van der Waals surface area (Å²) in [6.45, 7) is -0.0524. The zero-order chi connectivity index (χ0) is 18.4. The van der Waals surface area contributed by atoms with Crippen molar-refractivity contribution in [3.05, 3.63) is 47.5 Å². The molecular weight excluding hydrogens is 334 g/mol. The van der Waals surface area contributed by atoms with Crippen LogP contribution in [0, 0.1) is 11.6 Å². The van der Waals surface area contributed by atoms with E-state index in [1.165, 1.54) is 24.3 Å². The van der Waals surface area contributed by atoms with E-state index in [1.54, 1.807) is 0 Å². The van der Waals surface area contributed by atoms with Crippen molar-refractivity contribution < 1.29 is 23.1 Å². The van der Waals surface area contributed by atoms with Crippen LogP contribution < -0.4 is 21.5 Å². The molecule has 0 aliphatic carbocycles. The Kier molecular flexibility index (Phi) is 5.83. The molecule has 0 spiro atoms. The number of pyridine rings is 1. The maximum absolute atomic E-state index is 13.9. The van der Waals surface area contributed by atoms with Crippen molar-refractivity contribution in [3.63, 3.8) is 0 Å². The number of ether oxygens (including phenoxy) is 1. The molecule has 1 aromatic heterocycles. The normalized spacial score (nSPS) is 10.3. The molecule has 1 heterocycles. The molecule has 9 heteroatoms. The number of aromatic nitrogens is 1. The number of nitrogens with zero attached hydrogens (tertiary/aromatic N) is 1. The summed E-state index contributed by atoms with van der Waals surface area (Å²) in [7, 11) is 0. The number of hydrogen-bond acceptors (Lipinski definition) is 5. The molecule has 0 aliphatic rings. The van der Waals surface area contributed by atoms with Crippen LogP contribution >= 0.6 is 0 Å². The standard InChI is InChI=1S/C16H16F2N4O3/c17-10-3-1-9(2-4-10)8-25-16-11(18)7-12(19)15(22-16)21-14(24)6-5-13(20)23/h1-4,7H,5-6,8,19H2,(H2,20,23)(H,21,22,24). The lowest BCUT2D eigenvalue weighted by molar-refractivity contribution is -0.122. The highest BCUT2D eigenvalue weighted by atomic mass is 19.1. The minimum absolute atomic E-state index is 0.0524. The molecule has 0 atom stereocenters. The summed E-state index contributed by atoms with van der Waals surface area (Å²) in [6, 6.07) is 6.41. The number of benzene rings is 1. The fourth-order valence-electron chi connectivity index (χ4n) is 1.85. The van der Waals surface area contributed by atoms with Crippen LogP contribution in [0.2, 0.25) is 0 Å². The highest BCUT2D eigenvalue weighted by Crippen LogP contribution is 2.24. The molecule has 132 valence electrons. The van der Waals surface area contributed by atoms with Crippen molar-refractivity contribution in [1.29, 1.82) is 0 Å². The largest absolute Gasteiger partial charge is 0.471 e. The Morgan fingerprint density at radius 2 is 1.84 bits per heavy atom. The number of nitrogens with one attached hydrogen (secondary N) is 1. The molecule has 2 rings (SSSR count). The second-order valence-electron chi connectivity index (χ2n) is 5.14. The average molecular weight is 350 g/mol. The number of hydrogen-bond donors (Lipinski definition) is 3. The summed E-state index contributed by atoms with van der Waals surface area (Å²) in [6.07, 6.45) is -0.291. The number of halogens is 2. The van der Waals surface area contributed by atoms with Gasteiger partial charge in [0.25, 0.3) is 5.88 Å². The molecule has 0 aliphatic heterocycles. The highest BCUT2D eigenvalue weighted by Gasteiger charge is 2.14. The zero-order valence-corrected chi connectivity index (χ0v) is 13.1. The topological polar surface area (TPSA) is 120 Å². The lowest BCUT2D eigenvalue weighted by Crippen LogP contribution is -2.18. The van der Waals surface area contributed by atoms with Gasteiger partial charge in [0, 0.05) is 18.9 Å². The van der Waals surface area contributed by atoms with Crippen LogP contribution in [0.1, 0.15) is 18.4 Å². The quantitative estimate of drug-likeness (QED) is 0.702. The SMILES string of the molecule is NC(=O)CCC(=O)Nc1nc(OCc2ccc(F)cc2)c(F)cc1N. The summed E-state index contributed by atoms with van der Waals surface area (Å²) < 4.78 is 32.0. The van der Waals surface area contributed by atoms with E-state index in [-0.39, 0.29) is 36.8 Å². The molecule has 0 unspecified atom stereocenters. The maximum atomic E-state index is 13.9. The van der Waals surface area contributed by atoms with Crippen LogP contribution in [0.4, 0.5) is 20.3 Å². The third-order valence-electron chi connectivity index (χ3n) is 3.12.